The van der Waals surface area contributed by atoms with Crippen molar-refractivity contribution in [3.8, 4) is 11.5 Å². The zero-order valence-corrected chi connectivity index (χ0v) is 21.5. The first-order valence-corrected chi connectivity index (χ1v) is 12.8. The molecule has 0 heterocycles. The molecule has 9 heteroatoms. The van der Waals surface area contributed by atoms with Gasteiger partial charge in [0.2, 0.25) is 15.9 Å². The van der Waals surface area contributed by atoms with E-state index in [9.17, 15) is 13.2 Å². The second-order valence-electron chi connectivity index (χ2n) is 8.01. The lowest BCUT2D eigenvalue weighted by molar-refractivity contribution is -0.121. The van der Waals surface area contributed by atoms with Crippen molar-refractivity contribution < 1.29 is 22.7 Å². The number of hydrogen-bond acceptors (Lipinski definition) is 5. The van der Waals surface area contributed by atoms with Gasteiger partial charge in [-0.15, -0.1) is 0 Å². The van der Waals surface area contributed by atoms with Gasteiger partial charge in [0.25, 0.3) is 0 Å². The molecule has 3 aromatic rings. The highest BCUT2D eigenvalue weighted by Crippen LogP contribution is 2.27. The summed E-state index contributed by atoms with van der Waals surface area (Å²) in [6.45, 7) is 2.02. The van der Waals surface area contributed by atoms with Crippen molar-refractivity contribution in [3.63, 3.8) is 0 Å². The molecule has 0 bridgehead atoms. The van der Waals surface area contributed by atoms with E-state index in [4.69, 9.17) is 21.1 Å². The molecule has 0 saturated heterocycles. The summed E-state index contributed by atoms with van der Waals surface area (Å²) in [6, 6.07) is 19.0. The SMILES string of the molecule is COc1ccc(CCNC(=O)CN(Cc2cccc(C)c2)S(=O)(=O)c2ccc(Cl)cc2)cc1OC. The molecular weight excluding hydrogens is 488 g/mol. The average molecular weight is 517 g/mol. The first-order valence-electron chi connectivity index (χ1n) is 11.0. The van der Waals surface area contributed by atoms with Gasteiger partial charge in [0.15, 0.2) is 11.5 Å². The van der Waals surface area contributed by atoms with Gasteiger partial charge in [-0.1, -0.05) is 47.5 Å². The smallest absolute Gasteiger partial charge is 0.243 e. The molecular formula is C26H29ClN2O5S. The zero-order chi connectivity index (χ0) is 25.4. The van der Waals surface area contributed by atoms with E-state index in [0.717, 1.165) is 16.7 Å². The van der Waals surface area contributed by atoms with Crippen LogP contribution >= 0.6 is 11.6 Å². The number of sulfonamides is 1. The normalized spacial score (nSPS) is 11.3. The lowest BCUT2D eigenvalue weighted by Gasteiger charge is -2.22. The van der Waals surface area contributed by atoms with Gasteiger partial charge in [0.05, 0.1) is 25.7 Å². The van der Waals surface area contributed by atoms with Gasteiger partial charge in [-0.3, -0.25) is 4.79 Å². The Labute approximate surface area is 211 Å². The van der Waals surface area contributed by atoms with Crippen molar-refractivity contribution in [1.82, 2.24) is 9.62 Å². The number of carbonyl (C=O) groups is 1. The third-order valence-electron chi connectivity index (χ3n) is 5.40. The van der Waals surface area contributed by atoms with E-state index in [-0.39, 0.29) is 18.0 Å². The van der Waals surface area contributed by atoms with Crippen LogP contribution in [0.2, 0.25) is 5.02 Å². The molecule has 3 rings (SSSR count). The molecule has 186 valence electrons. The quantitative estimate of drug-likeness (QED) is 0.412. The molecule has 3 aromatic carbocycles. The van der Waals surface area contributed by atoms with Crippen LogP contribution in [0, 0.1) is 6.92 Å². The standard InChI is InChI=1S/C26H29ClN2O5S/c1-19-5-4-6-21(15-19)17-29(35(31,32)23-10-8-22(27)9-11-23)18-26(30)28-14-13-20-7-12-24(33-2)25(16-20)34-3/h4-12,15-16H,13-14,17-18H2,1-3H3,(H,28,30). The van der Waals surface area contributed by atoms with Gasteiger partial charge in [-0.2, -0.15) is 4.31 Å². The molecule has 1 amide bonds. The van der Waals surface area contributed by atoms with Crippen molar-refractivity contribution in [1.29, 1.82) is 0 Å². The van der Waals surface area contributed by atoms with Crippen LogP contribution in [0.5, 0.6) is 11.5 Å². The van der Waals surface area contributed by atoms with E-state index in [1.54, 1.807) is 20.3 Å². The molecule has 0 aliphatic rings. The molecule has 0 aromatic heterocycles. The highest BCUT2D eigenvalue weighted by molar-refractivity contribution is 7.89. The maximum Gasteiger partial charge on any atom is 0.243 e. The molecule has 35 heavy (non-hydrogen) atoms. The lowest BCUT2D eigenvalue weighted by Crippen LogP contribution is -2.40. The molecule has 0 aliphatic heterocycles. The molecule has 0 fully saturated rings. The van der Waals surface area contributed by atoms with Crippen LogP contribution in [0.1, 0.15) is 16.7 Å². The number of rotatable bonds is 11. The van der Waals surface area contributed by atoms with Crippen LogP contribution in [0.3, 0.4) is 0 Å². The third kappa shape index (κ3) is 7.21. The van der Waals surface area contributed by atoms with Gasteiger partial charge >= 0.3 is 0 Å². The van der Waals surface area contributed by atoms with Crippen LogP contribution in [0.4, 0.5) is 0 Å². The molecule has 0 atom stereocenters. The van der Waals surface area contributed by atoms with Gasteiger partial charge in [0.1, 0.15) is 0 Å². The topological polar surface area (TPSA) is 84.9 Å². The second kappa shape index (κ2) is 12.1. The summed E-state index contributed by atoms with van der Waals surface area (Å²) in [5.41, 5.74) is 2.75. The largest absolute Gasteiger partial charge is 0.493 e. The molecule has 0 saturated carbocycles. The number of nitrogens with one attached hydrogen (secondary N) is 1. The number of ether oxygens (including phenoxy) is 2. The Morgan fingerprint density at radius 2 is 1.66 bits per heavy atom. The summed E-state index contributed by atoms with van der Waals surface area (Å²) in [6.07, 6.45) is 0.550. The molecule has 0 aliphatic carbocycles. The molecule has 0 spiro atoms. The van der Waals surface area contributed by atoms with E-state index >= 15 is 0 Å². The molecule has 7 nitrogen and oxygen atoms in total. The van der Waals surface area contributed by atoms with Crippen molar-refractivity contribution in [2.24, 2.45) is 0 Å². The van der Waals surface area contributed by atoms with E-state index in [0.29, 0.717) is 29.5 Å². The van der Waals surface area contributed by atoms with E-state index in [1.165, 1.54) is 28.6 Å². The van der Waals surface area contributed by atoms with E-state index in [1.807, 2.05) is 43.3 Å². The molecule has 0 unspecified atom stereocenters. The second-order valence-corrected chi connectivity index (χ2v) is 10.4. The first-order chi connectivity index (χ1) is 16.7. The van der Waals surface area contributed by atoms with Crippen LogP contribution in [-0.2, 0) is 27.8 Å². The van der Waals surface area contributed by atoms with Crippen LogP contribution in [0.25, 0.3) is 0 Å². The fourth-order valence-electron chi connectivity index (χ4n) is 3.59. The van der Waals surface area contributed by atoms with Gasteiger partial charge < -0.3 is 14.8 Å². The number of methoxy groups -OCH3 is 2. The van der Waals surface area contributed by atoms with E-state index in [2.05, 4.69) is 5.32 Å². The number of halogens is 1. The highest BCUT2D eigenvalue weighted by atomic mass is 35.5. The predicted molar refractivity (Wildman–Crippen MR) is 136 cm³/mol. The van der Waals surface area contributed by atoms with Gasteiger partial charge in [-0.05, 0) is 60.9 Å². The monoisotopic (exact) mass is 516 g/mol. The number of carbonyl (C=O) groups excluding carboxylic acids is 1. The minimum Gasteiger partial charge on any atom is -0.493 e. The summed E-state index contributed by atoms with van der Waals surface area (Å²) < 4.78 is 38.5. The highest BCUT2D eigenvalue weighted by Gasteiger charge is 2.27. The Morgan fingerprint density at radius 3 is 2.31 bits per heavy atom. The fourth-order valence-corrected chi connectivity index (χ4v) is 5.10. The Balaban J connectivity index is 1.72. The maximum absolute atomic E-state index is 13.4. The molecule has 0 radical (unpaired) electrons. The summed E-state index contributed by atoms with van der Waals surface area (Å²) in [4.78, 5) is 12.9. The minimum absolute atomic E-state index is 0.0652. The Hall–Kier alpha value is -3.07. The maximum atomic E-state index is 13.4. The zero-order valence-electron chi connectivity index (χ0n) is 20.0. The summed E-state index contributed by atoms with van der Waals surface area (Å²) in [5, 5.41) is 3.25. The summed E-state index contributed by atoms with van der Waals surface area (Å²) >= 11 is 5.93. The number of aryl methyl sites for hydroxylation is 1. The number of nitrogens with zero attached hydrogens (tertiary/aromatic N) is 1. The van der Waals surface area contributed by atoms with Crippen LogP contribution in [-0.4, -0.2) is 45.9 Å². The number of amides is 1. The Kier molecular flexibility index (Phi) is 9.14. The van der Waals surface area contributed by atoms with Crippen LogP contribution in [0.15, 0.2) is 71.6 Å². The summed E-state index contributed by atoms with van der Waals surface area (Å²) in [7, 11) is -0.804. The van der Waals surface area contributed by atoms with Crippen molar-refractivity contribution in [3.05, 3.63) is 88.4 Å². The van der Waals surface area contributed by atoms with Crippen LogP contribution < -0.4 is 14.8 Å². The third-order valence-corrected chi connectivity index (χ3v) is 7.45. The van der Waals surface area contributed by atoms with Gasteiger partial charge in [0, 0.05) is 18.1 Å². The van der Waals surface area contributed by atoms with Crippen molar-refractivity contribution >= 4 is 27.5 Å². The van der Waals surface area contributed by atoms with Crippen molar-refractivity contribution in [2.75, 3.05) is 27.3 Å². The Bertz CT molecular complexity index is 1260. The molecule has 1 N–H and O–H groups in total. The summed E-state index contributed by atoms with van der Waals surface area (Å²) in [5.74, 6) is 0.838. The number of hydrogen-bond donors (Lipinski definition) is 1. The number of benzene rings is 3. The fraction of sp³-hybridized carbons (Fsp3) is 0.269. The predicted octanol–water partition coefficient (Wildman–Crippen LogP) is 4.22. The van der Waals surface area contributed by atoms with Gasteiger partial charge in [-0.25, -0.2) is 8.42 Å². The van der Waals surface area contributed by atoms with E-state index < -0.39 is 15.9 Å². The first kappa shape index (κ1) is 26.5. The lowest BCUT2D eigenvalue weighted by atomic mass is 10.1. The minimum atomic E-state index is -3.93. The Morgan fingerprint density at radius 1 is 0.943 bits per heavy atom. The van der Waals surface area contributed by atoms with Crippen molar-refractivity contribution in [2.45, 2.75) is 24.8 Å². The average Bonchev–Trinajstić information content (AvgIpc) is 2.84.